The summed E-state index contributed by atoms with van der Waals surface area (Å²) in [6.45, 7) is 6.20. The lowest BCUT2D eigenvalue weighted by Crippen LogP contribution is -2.32. The number of ether oxygens (including phenoxy) is 1. The molecule has 0 saturated heterocycles. The van der Waals surface area contributed by atoms with Crippen LogP contribution in [-0.2, 0) is 17.8 Å². The summed E-state index contributed by atoms with van der Waals surface area (Å²) in [5.74, 6) is -0.0958. The minimum absolute atomic E-state index is 0.0958. The molecule has 0 aromatic heterocycles. The van der Waals surface area contributed by atoms with Gasteiger partial charge in [-0.3, -0.25) is 4.79 Å². The fourth-order valence-corrected chi connectivity index (χ4v) is 2.62. The van der Waals surface area contributed by atoms with Crippen LogP contribution < -0.4 is 5.32 Å². The maximum Gasteiger partial charge on any atom is 0.407 e. The van der Waals surface area contributed by atoms with E-state index in [0.717, 1.165) is 11.1 Å². The van der Waals surface area contributed by atoms with Crippen LogP contribution in [0.3, 0.4) is 0 Å². The lowest BCUT2D eigenvalue weighted by molar-refractivity contribution is 0.0523. The summed E-state index contributed by atoms with van der Waals surface area (Å²) in [6, 6.07) is 14.6. The van der Waals surface area contributed by atoms with Crippen molar-refractivity contribution in [3.05, 3.63) is 70.2 Å². The highest BCUT2D eigenvalue weighted by Crippen LogP contribution is 2.17. The molecule has 1 N–H and O–H groups in total. The highest BCUT2D eigenvalue weighted by atomic mass is 35.5. The first-order valence-corrected chi connectivity index (χ1v) is 9.08. The van der Waals surface area contributed by atoms with Gasteiger partial charge in [-0.05, 0) is 50.1 Å². The Morgan fingerprint density at radius 3 is 2.30 bits per heavy atom. The van der Waals surface area contributed by atoms with Gasteiger partial charge in [-0.2, -0.15) is 0 Å². The largest absolute Gasteiger partial charge is 0.444 e. The molecule has 144 valence electrons. The molecule has 27 heavy (non-hydrogen) atoms. The predicted molar refractivity (Wildman–Crippen MR) is 107 cm³/mol. The monoisotopic (exact) mass is 388 g/mol. The predicted octanol–water partition coefficient (Wildman–Crippen LogP) is 4.64. The summed E-state index contributed by atoms with van der Waals surface area (Å²) in [7, 11) is 1.74. The van der Waals surface area contributed by atoms with E-state index in [0.29, 0.717) is 23.7 Å². The van der Waals surface area contributed by atoms with Crippen LogP contribution in [0.1, 0.15) is 42.3 Å². The molecule has 0 aliphatic heterocycles. The number of nitrogens with zero attached hydrogens (tertiary/aromatic N) is 1. The van der Waals surface area contributed by atoms with Crippen molar-refractivity contribution in [3.63, 3.8) is 0 Å². The van der Waals surface area contributed by atoms with Crippen molar-refractivity contribution in [1.82, 2.24) is 10.2 Å². The molecule has 0 atom stereocenters. The molecule has 5 nitrogen and oxygen atoms in total. The molecule has 0 fully saturated rings. The molecule has 6 heteroatoms. The van der Waals surface area contributed by atoms with E-state index in [1.165, 1.54) is 0 Å². The number of amides is 2. The second kappa shape index (κ2) is 8.91. The van der Waals surface area contributed by atoms with Crippen molar-refractivity contribution >= 4 is 23.6 Å². The molecule has 0 aliphatic carbocycles. The number of halogens is 1. The Morgan fingerprint density at radius 2 is 1.70 bits per heavy atom. The van der Waals surface area contributed by atoms with Gasteiger partial charge in [-0.15, -0.1) is 0 Å². The molecule has 0 unspecified atom stereocenters. The van der Waals surface area contributed by atoms with Crippen molar-refractivity contribution in [2.24, 2.45) is 0 Å². The molecule has 0 bridgehead atoms. The minimum Gasteiger partial charge on any atom is -0.444 e. The maximum atomic E-state index is 12.6. The van der Waals surface area contributed by atoms with E-state index in [9.17, 15) is 9.59 Å². The van der Waals surface area contributed by atoms with E-state index in [1.54, 1.807) is 24.1 Å². The Balaban J connectivity index is 1.93. The number of carbonyl (C=O) groups is 2. The van der Waals surface area contributed by atoms with E-state index < -0.39 is 11.7 Å². The Labute approximate surface area is 165 Å². The molecule has 2 amide bonds. The van der Waals surface area contributed by atoms with Crippen molar-refractivity contribution in [3.8, 4) is 0 Å². The zero-order valence-corrected chi connectivity index (χ0v) is 16.8. The molecule has 0 aliphatic rings. The third kappa shape index (κ3) is 6.61. The Kier molecular flexibility index (Phi) is 6.86. The minimum atomic E-state index is -0.535. The zero-order valence-electron chi connectivity index (χ0n) is 16.1. The highest BCUT2D eigenvalue weighted by molar-refractivity contribution is 6.31. The first-order chi connectivity index (χ1) is 12.7. The number of rotatable bonds is 5. The average Bonchev–Trinajstić information content (AvgIpc) is 2.60. The lowest BCUT2D eigenvalue weighted by atomic mass is 10.1. The molecule has 0 radical (unpaired) electrons. The second-order valence-electron chi connectivity index (χ2n) is 7.30. The van der Waals surface area contributed by atoms with Gasteiger partial charge < -0.3 is 15.0 Å². The maximum absolute atomic E-state index is 12.6. The molecule has 0 heterocycles. The second-order valence-corrected chi connectivity index (χ2v) is 7.71. The van der Waals surface area contributed by atoms with E-state index >= 15 is 0 Å². The zero-order chi connectivity index (χ0) is 20.0. The van der Waals surface area contributed by atoms with E-state index in [1.807, 2.05) is 57.2 Å². The molecule has 0 spiro atoms. The van der Waals surface area contributed by atoms with Crippen LogP contribution in [0.25, 0.3) is 0 Å². The average molecular weight is 389 g/mol. The molecular formula is C21H25ClN2O3. The fourth-order valence-electron chi connectivity index (χ4n) is 2.43. The van der Waals surface area contributed by atoms with Crippen LogP contribution in [0.15, 0.2) is 48.5 Å². The number of hydrogen-bond acceptors (Lipinski definition) is 3. The van der Waals surface area contributed by atoms with Crippen LogP contribution >= 0.6 is 11.6 Å². The van der Waals surface area contributed by atoms with Crippen LogP contribution in [-0.4, -0.2) is 29.5 Å². The topological polar surface area (TPSA) is 58.6 Å². The number of alkyl carbamates (subject to hydrolysis) is 1. The Hall–Kier alpha value is -2.53. The molecule has 2 aromatic rings. The summed E-state index contributed by atoms with van der Waals surface area (Å²) in [5.41, 5.74) is 1.82. The molecule has 2 aromatic carbocycles. The quantitative estimate of drug-likeness (QED) is 0.811. The van der Waals surface area contributed by atoms with Gasteiger partial charge in [0.1, 0.15) is 5.60 Å². The lowest BCUT2D eigenvalue weighted by Gasteiger charge is -2.20. The van der Waals surface area contributed by atoms with Crippen molar-refractivity contribution < 1.29 is 14.3 Å². The van der Waals surface area contributed by atoms with Crippen molar-refractivity contribution in [1.29, 1.82) is 0 Å². The number of benzene rings is 2. The summed E-state index contributed by atoms with van der Waals surface area (Å²) in [6.07, 6.45) is -0.470. The van der Waals surface area contributed by atoms with Crippen LogP contribution in [0.2, 0.25) is 5.02 Å². The van der Waals surface area contributed by atoms with Crippen LogP contribution in [0.5, 0.6) is 0 Å². The fraction of sp³-hybridized carbons (Fsp3) is 0.333. The third-order valence-electron chi connectivity index (χ3n) is 3.75. The molecule has 0 saturated carbocycles. The van der Waals surface area contributed by atoms with Crippen LogP contribution in [0, 0.1) is 0 Å². The number of nitrogens with one attached hydrogen (secondary N) is 1. The summed E-state index contributed by atoms with van der Waals surface area (Å²) < 4.78 is 5.20. The standard InChI is InChI=1S/C21H25ClN2O3/c1-21(2,3)27-20(26)23-13-15-9-11-16(12-10-15)19(25)24(4)14-17-7-5-6-8-18(17)22/h5-12H,13-14H2,1-4H3,(H,23,26). The van der Waals surface area contributed by atoms with Crippen molar-refractivity contribution in [2.45, 2.75) is 39.5 Å². The molecular weight excluding hydrogens is 364 g/mol. The van der Waals surface area contributed by atoms with E-state index in [2.05, 4.69) is 5.32 Å². The first-order valence-electron chi connectivity index (χ1n) is 8.70. The summed E-state index contributed by atoms with van der Waals surface area (Å²) >= 11 is 6.16. The van der Waals surface area contributed by atoms with Gasteiger partial charge in [0.05, 0.1) is 0 Å². The van der Waals surface area contributed by atoms with Gasteiger partial charge >= 0.3 is 6.09 Å². The number of hydrogen-bond donors (Lipinski definition) is 1. The Bertz CT molecular complexity index is 798. The molecule has 2 rings (SSSR count). The van der Waals surface area contributed by atoms with Gasteiger partial charge in [-0.1, -0.05) is 41.9 Å². The van der Waals surface area contributed by atoms with E-state index in [4.69, 9.17) is 16.3 Å². The number of carbonyl (C=O) groups excluding carboxylic acids is 2. The van der Waals surface area contributed by atoms with Gasteiger partial charge in [0.15, 0.2) is 0 Å². The summed E-state index contributed by atoms with van der Waals surface area (Å²) in [5, 5.41) is 3.33. The smallest absolute Gasteiger partial charge is 0.407 e. The Morgan fingerprint density at radius 1 is 1.07 bits per heavy atom. The van der Waals surface area contributed by atoms with E-state index in [-0.39, 0.29) is 5.91 Å². The third-order valence-corrected chi connectivity index (χ3v) is 4.12. The van der Waals surface area contributed by atoms with Gasteiger partial charge in [-0.25, -0.2) is 4.79 Å². The van der Waals surface area contributed by atoms with Crippen molar-refractivity contribution in [2.75, 3.05) is 7.05 Å². The summed E-state index contributed by atoms with van der Waals surface area (Å²) in [4.78, 5) is 25.9. The normalized spacial score (nSPS) is 11.0. The first kappa shape index (κ1) is 20.8. The van der Waals surface area contributed by atoms with Crippen LogP contribution in [0.4, 0.5) is 4.79 Å². The SMILES string of the molecule is CN(Cc1ccccc1Cl)C(=O)c1ccc(CNC(=O)OC(C)(C)C)cc1. The van der Waals surface area contributed by atoms with Gasteiger partial charge in [0.25, 0.3) is 5.91 Å². The van der Waals surface area contributed by atoms with Gasteiger partial charge in [0, 0.05) is 30.7 Å². The van der Waals surface area contributed by atoms with Gasteiger partial charge in [0.2, 0.25) is 0 Å². The highest BCUT2D eigenvalue weighted by Gasteiger charge is 2.16.